The topological polar surface area (TPSA) is 43.2 Å². The molecule has 0 spiro atoms. The summed E-state index contributed by atoms with van der Waals surface area (Å²) in [5, 5.41) is 0. The summed E-state index contributed by atoms with van der Waals surface area (Å²) in [6.07, 6.45) is 47.2. The lowest BCUT2D eigenvalue weighted by Gasteiger charge is -2.09. The Labute approximate surface area is 347 Å². The van der Waals surface area contributed by atoms with Crippen LogP contribution in [-0.4, -0.2) is 38.7 Å². The monoisotopic (exact) mass is 773 g/mol. The van der Waals surface area contributed by atoms with Crippen LogP contribution in [0.3, 0.4) is 0 Å². The van der Waals surface area contributed by atoms with Crippen LogP contribution in [0.4, 0.5) is 0 Å². The van der Waals surface area contributed by atoms with Gasteiger partial charge in [0.25, 0.3) is 0 Å². The Morgan fingerprint density at radius 2 is 0.607 bits per heavy atom. The fraction of sp³-hybridized carbons (Fsp3) is 0.731. The zero-order chi connectivity index (χ0) is 39.7. The second kappa shape index (κ2) is 39.2. The first-order valence-corrected chi connectivity index (χ1v) is 24.3. The van der Waals surface area contributed by atoms with Crippen LogP contribution in [0.2, 0.25) is 0 Å². The molecular weight excluding hydrogens is 685 g/mol. The number of benzene rings is 2. The van der Waals surface area contributed by atoms with Crippen LogP contribution >= 0.6 is 0 Å². The summed E-state index contributed by atoms with van der Waals surface area (Å²) in [6.45, 7) is 7.90. The van der Waals surface area contributed by atoms with Gasteiger partial charge in [0.2, 0.25) is 0 Å². The lowest BCUT2D eigenvalue weighted by molar-refractivity contribution is 0.303. The molecule has 0 N–H and O–H groups in total. The number of aliphatic imine (C=N–C) groups is 2. The summed E-state index contributed by atoms with van der Waals surface area (Å²) >= 11 is 0. The molecule has 0 amide bonds. The minimum atomic E-state index is 0.795. The van der Waals surface area contributed by atoms with Gasteiger partial charge in [0, 0.05) is 36.6 Å². The molecule has 0 saturated heterocycles. The van der Waals surface area contributed by atoms with Crippen molar-refractivity contribution < 1.29 is 9.47 Å². The van der Waals surface area contributed by atoms with Gasteiger partial charge in [-0.25, -0.2) is 0 Å². The van der Waals surface area contributed by atoms with Crippen molar-refractivity contribution in [1.29, 1.82) is 0 Å². The van der Waals surface area contributed by atoms with E-state index in [0.29, 0.717) is 0 Å². The van der Waals surface area contributed by atoms with Crippen LogP contribution < -0.4 is 9.47 Å². The summed E-state index contributed by atoms with van der Waals surface area (Å²) in [4.78, 5) is 9.46. The highest BCUT2D eigenvalue weighted by Gasteiger charge is 2.03. The molecule has 0 unspecified atom stereocenters. The van der Waals surface area contributed by atoms with Crippen molar-refractivity contribution in [3.63, 3.8) is 0 Å². The molecule has 4 heteroatoms. The SMILES string of the molecule is CCCCCCCCCCCCCCCCOc1ccccc1C=NCCCCCCN=Cc1ccccc1OCCCCCCCCCCCCCCCC. The molecule has 318 valence electrons. The van der Waals surface area contributed by atoms with Gasteiger partial charge in [-0.2, -0.15) is 0 Å². The Kier molecular flexibility index (Phi) is 34.7. The quantitative estimate of drug-likeness (QED) is 0.0499. The van der Waals surface area contributed by atoms with Crippen molar-refractivity contribution in [3.05, 3.63) is 59.7 Å². The molecular formula is C52H88N2O2. The predicted molar refractivity (Wildman–Crippen MR) is 248 cm³/mol. The van der Waals surface area contributed by atoms with Gasteiger partial charge in [-0.05, 0) is 49.9 Å². The molecule has 0 aliphatic rings. The Bertz CT molecular complexity index is 1090. The Balaban J connectivity index is 1.44. The minimum absolute atomic E-state index is 0.795. The average molecular weight is 773 g/mol. The Morgan fingerprint density at radius 1 is 0.339 bits per heavy atom. The fourth-order valence-electron chi connectivity index (χ4n) is 7.48. The Hall–Kier alpha value is -2.62. The van der Waals surface area contributed by atoms with Gasteiger partial charge in [0.05, 0.1) is 13.2 Å². The van der Waals surface area contributed by atoms with Crippen LogP contribution in [0, 0.1) is 0 Å². The number of ether oxygens (including phenoxy) is 2. The van der Waals surface area contributed by atoms with Crippen molar-refractivity contribution in [1.82, 2.24) is 0 Å². The van der Waals surface area contributed by atoms with E-state index >= 15 is 0 Å². The van der Waals surface area contributed by atoms with E-state index in [1.807, 2.05) is 12.4 Å². The Morgan fingerprint density at radius 3 is 0.929 bits per heavy atom. The average Bonchev–Trinajstić information content (AvgIpc) is 3.22. The van der Waals surface area contributed by atoms with Gasteiger partial charge in [-0.1, -0.05) is 218 Å². The summed E-state index contributed by atoms with van der Waals surface area (Å²) in [6, 6.07) is 16.7. The van der Waals surface area contributed by atoms with Gasteiger partial charge in [-0.15, -0.1) is 0 Å². The van der Waals surface area contributed by atoms with Crippen molar-refractivity contribution in [2.45, 2.75) is 219 Å². The summed E-state index contributed by atoms with van der Waals surface area (Å²) in [5.74, 6) is 1.93. The number of hydrogen-bond donors (Lipinski definition) is 0. The van der Waals surface area contributed by atoms with E-state index in [2.05, 4.69) is 62.4 Å². The highest BCUT2D eigenvalue weighted by molar-refractivity contribution is 5.84. The van der Waals surface area contributed by atoms with E-state index in [4.69, 9.17) is 19.5 Å². The maximum atomic E-state index is 6.17. The molecule has 0 aromatic heterocycles. The zero-order valence-electron chi connectivity index (χ0n) is 36.9. The van der Waals surface area contributed by atoms with E-state index in [1.54, 1.807) is 0 Å². The molecule has 2 rings (SSSR count). The third kappa shape index (κ3) is 29.6. The fourth-order valence-corrected chi connectivity index (χ4v) is 7.48. The standard InChI is InChI=1S/C52H88N2O2/c1-3-5-7-9-11-13-15-17-19-21-23-25-29-37-45-55-51-41-33-31-39-49(51)47-53-43-35-27-28-36-44-54-48-50-40-32-34-42-52(50)56-46-38-30-26-24-22-20-18-16-14-12-10-8-6-4-2/h31-34,39-42,47-48H,3-30,35-38,43-46H2,1-2H3. The molecule has 0 heterocycles. The van der Waals surface area contributed by atoms with Crippen molar-refractivity contribution in [2.75, 3.05) is 26.3 Å². The van der Waals surface area contributed by atoms with E-state index in [1.165, 1.54) is 180 Å². The molecule has 0 aliphatic heterocycles. The molecule has 0 aliphatic carbocycles. The summed E-state index contributed by atoms with van der Waals surface area (Å²) < 4.78 is 12.3. The first kappa shape index (κ1) is 49.5. The second-order valence-corrected chi connectivity index (χ2v) is 16.4. The lowest BCUT2D eigenvalue weighted by Crippen LogP contribution is -2.00. The highest BCUT2D eigenvalue weighted by Crippen LogP contribution is 2.19. The number of nitrogens with zero attached hydrogens (tertiary/aromatic N) is 2. The van der Waals surface area contributed by atoms with Gasteiger partial charge < -0.3 is 9.47 Å². The van der Waals surface area contributed by atoms with Gasteiger partial charge in [0.1, 0.15) is 11.5 Å². The molecule has 0 saturated carbocycles. The number of rotatable bonds is 41. The zero-order valence-corrected chi connectivity index (χ0v) is 36.9. The molecule has 0 fully saturated rings. The minimum Gasteiger partial charge on any atom is -0.493 e. The molecule has 0 radical (unpaired) electrons. The van der Waals surface area contributed by atoms with Gasteiger partial charge in [-0.3, -0.25) is 9.98 Å². The third-order valence-electron chi connectivity index (χ3n) is 11.1. The van der Waals surface area contributed by atoms with E-state index in [-0.39, 0.29) is 0 Å². The molecule has 0 atom stereocenters. The predicted octanol–water partition coefficient (Wildman–Crippen LogP) is 16.5. The van der Waals surface area contributed by atoms with Crippen molar-refractivity contribution in [2.24, 2.45) is 9.98 Å². The first-order chi connectivity index (χ1) is 27.8. The molecule has 56 heavy (non-hydrogen) atoms. The second-order valence-electron chi connectivity index (χ2n) is 16.4. The lowest BCUT2D eigenvalue weighted by atomic mass is 10.0. The maximum absolute atomic E-state index is 6.17. The molecule has 2 aromatic carbocycles. The molecule has 2 aromatic rings. The highest BCUT2D eigenvalue weighted by atomic mass is 16.5. The number of hydrogen-bond acceptors (Lipinski definition) is 4. The summed E-state index contributed by atoms with van der Waals surface area (Å²) in [5.41, 5.74) is 2.19. The van der Waals surface area contributed by atoms with E-state index in [9.17, 15) is 0 Å². The molecule has 0 bridgehead atoms. The van der Waals surface area contributed by atoms with Crippen LogP contribution in [0.5, 0.6) is 11.5 Å². The smallest absolute Gasteiger partial charge is 0.128 e. The normalized spacial score (nSPS) is 11.7. The largest absolute Gasteiger partial charge is 0.493 e. The van der Waals surface area contributed by atoms with Crippen LogP contribution in [0.1, 0.15) is 230 Å². The van der Waals surface area contributed by atoms with Gasteiger partial charge >= 0.3 is 0 Å². The van der Waals surface area contributed by atoms with Crippen molar-refractivity contribution >= 4 is 12.4 Å². The van der Waals surface area contributed by atoms with E-state index in [0.717, 1.165) is 74.6 Å². The molecule has 4 nitrogen and oxygen atoms in total. The first-order valence-electron chi connectivity index (χ1n) is 24.3. The number of para-hydroxylation sites is 2. The van der Waals surface area contributed by atoms with Crippen LogP contribution in [0.15, 0.2) is 58.5 Å². The van der Waals surface area contributed by atoms with Crippen LogP contribution in [0.25, 0.3) is 0 Å². The van der Waals surface area contributed by atoms with Crippen LogP contribution in [-0.2, 0) is 0 Å². The third-order valence-corrected chi connectivity index (χ3v) is 11.1. The summed E-state index contributed by atoms with van der Waals surface area (Å²) in [7, 11) is 0. The van der Waals surface area contributed by atoms with Gasteiger partial charge in [0.15, 0.2) is 0 Å². The maximum Gasteiger partial charge on any atom is 0.128 e. The van der Waals surface area contributed by atoms with E-state index < -0.39 is 0 Å². The number of unbranched alkanes of at least 4 members (excludes halogenated alkanes) is 29. The van der Waals surface area contributed by atoms with Crippen molar-refractivity contribution in [3.8, 4) is 11.5 Å².